The van der Waals surface area contributed by atoms with E-state index in [0.29, 0.717) is 22.4 Å². The first-order valence-corrected chi connectivity index (χ1v) is 7.80. The minimum Gasteiger partial charge on any atom is -0.481 e. The van der Waals surface area contributed by atoms with Gasteiger partial charge in [0.05, 0.1) is 12.0 Å². The van der Waals surface area contributed by atoms with Crippen molar-refractivity contribution in [3.8, 4) is 0 Å². The maximum absolute atomic E-state index is 13.2. The van der Waals surface area contributed by atoms with Crippen molar-refractivity contribution in [3.05, 3.63) is 59.2 Å². The normalized spacial score (nSPS) is 11.5. The van der Waals surface area contributed by atoms with Crippen LogP contribution in [-0.4, -0.2) is 11.1 Å². The molecule has 0 radical (unpaired) electrons. The topological polar surface area (TPSA) is 37.3 Å². The number of carboxylic acid groups (broad SMARTS) is 1. The summed E-state index contributed by atoms with van der Waals surface area (Å²) in [6, 6.07) is 10.9. The molecule has 2 aromatic rings. The Hall–Kier alpha value is -1.95. The van der Waals surface area contributed by atoms with Gasteiger partial charge in [0.15, 0.2) is 0 Å². The predicted octanol–water partition coefficient (Wildman–Crippen LogP) is 5.05. The number of hydrogen-bond donors (Lipinski definition) is 1. The van der Waals surface area contributed by atoms with Crippen molar-refractivity contribution in [1.82, 2.24) is 0 Å². The van der Waals surface area contributed by atoms with Crippen LogP contribution in [0.1, 0.15) is 23.6 Å². The van der Waals surface area contributed by atoms with Gasteiger partial charge in [-0.05, 0) is 41.8 Å². The highest BCUT2D eigenvalue weighted by Crippen LogP contribution is 2.40. The van der Waals surface area contributed by atoms with E-state index in [2.05, 4.69) is 0 Å². The van der Waals surface area contributed by atoms with Gasteiger partial charge in [-0.1, -0.05) is 36.9 Å². The Bertz CT molecular complexity index is 694. The Morgan fingerprint density at radius 1 is 1.09 bits per heavy atom. The van der Waals surface area contributed by atoms with E-state index < -0.39 is 17.7 Å². The van der Waals surface area contributed by atoms with Crippen molar-refractivity contribution >= 4 is 17.7 Å². The summed E-state index contributed by atoms with van der Waals surface area (Å²) in [5, 5.41) is 8.72. The summed E-state index contributed by atoms with van der Waals surface area (Å²) >= 11 is 1.02. The first-order chi connectivity index (χ1) is 10.8. The lowest BCUT2D eigenvalue weighted by Crippen LogP contribution is -2.07. The third kappa shape index (κ3) is 4.76. The maximum Gasteiger partial charge on any atom is 0.417 e. The van der Waals surface area contributed by atoms with Crippen LogP contribution in [0.2, 0.25) is 0 Å². The third-order valence-electron chi connectivity index (χ3n) is 3.26. The van der Waals surface area contributed by atoms with E-state index in [0.717, 1.165) is 11.8 Å². The second-order valence-corrected chi connectivity index (χ2v) is 6.11. The van der Waals surface area contributed by atoms with Crippen molar-refractivity contribution in [2.75, 3.05) is 0 Å². The molecule has 2 aromatic carbocycles. The first-order valence-electron chi connectivity index (χ1n) is 6.98. The molecule has 0 unspecified atom stereocenters. The fourth-order valence-corrected chi connectivity index (χ4v) is 3.03. The number of benzene rings is 2. The number of aryl methyl sites for hydroxylation is 1. The molecule has 0 amide bonds. The molecule has 6 heteroatoms. The Morgan fingerprint density at radius 3 is 2.22 bits per heavy atom. The molecule has 0 aliphatic rings. The minimum atomic E-state index is -4.41. The lowest BCUT2D eigenvalue weighted by molar-refractivity contribution is -0.140. The van der Waals surface area contributed by atoms with Crippen LogP contribution < -0.4 is 0 Å². The average molecular weight is 340 g/mol. The van der Waals surface area contributed by atoms with Gasteiger partial charge in [-0.15, -0.1) is 0 Å². The van der Waals surface area contributed by atoms with Gasteiger partial charge >= 0.3 is 12.1 Å². The number of aliphatic carboxylic acids is 1. The third-order valence-corrected chi connectivity index (χ3v) is 4.35. The highest BCUT2D eigenvalue weighted by Gasteiger charge is 2.33. The van der Waals surface area contributed by atoms with Crippen molar-refractivity contribution in [2.45, 2.75) is 35.7 Å². The Kier molecular flexibility index (Phi) is 5.36. The van der Waals surface area contributed by atoms with E-state index in [1.54, 1.807) is 30.3 Å². The van der Waals surface area contributed by atoms with Crippen LogP contribution in [0.15, 0.2) is 52.3 Å². The van der Waals surface area contributed by atoms with Crippen LogP contribution in [0.4, 0.5) is 13.2 Å². The molecule has 0 fully saturated rings. The molecule has 23 heavy (non-hydrogen) atoms. The summed E-state index contributed by atoms with van der Waals surface area (Å²) in [5.41, 5.74) is 0.606. The van der Waals surface area contributed by atoms with Crippen molar-refractivity contribution in [2.24, 2.45) is 0 Å². The van der Waals surface area contributed by atoms with Crippen LogP contribution in [0.3, 0.4) is 0 Å². The number of rotatable bonds is 5. The predicted molar refractivity (Wildman–Crippen MR) is 82.7 cm³/mol. The van der Waals surface area contributed by atoms with E-state index in [1.807, 2.05) is 6.92 Å². The minimum absolute atomic E-state index is 0.107. The Labute approximate surface area is 136 Å². The molecule has 0 aromatic heterocycles. The monoisotopic (exact) mass is 340 g/mol. The summed E-state index contributed by atoms with van der Waals surface area (Å²) in [6.45, 7) is 1.81. The Morgan fingerprint density at radius 2 is 1.70 bits per heavy atom. The Balaban J connectivity index is 2.27. The van der Waals surface area contributed by atoms with Gasteiger partial charge in [0.2, 0.25) is 0 Å². The van der Waals surface area contributed by atoms with E-state index in [-0.39, 0.29) is 11.3 Å². The zero-order valence-electron chi connectivity index (χ0n) is 12.4. The fraction of sp³-hybridized carbons (Fsp3) is 0.235. The molecular weight excluding hydrogens is 325 g/mol. The van der Waals surface area contributed by atoms with Gasteiger partial charge in [0.1, 0.15) is 0 Å². The van der Waals surface area contributed by atoms with Crippen LogP contribution in [0, 0.1) is 0 Å². The maximum atomic E-state index is 13.2. The molecule has 0 spiro atoms. The van der Waals surface area contributed by atoms with Gasteiger partial charge < -0.3 is 5.11 Å². The van der Waals surface area contributed by atoms with E-state index in [9.17, 15) is 18.0 Å². The second-order valence-electron chi connectivity index (χ2n) is 5.00. The van der Waals surface area contributed by atoms with Crippen LogP contribution in [-0.2, 0) is 23.8 Å². The quantitative estimate of drug-likeness (QED) is 0.828. The van der Waals surface area contributed by atoms with Gasteiger partial charge in [-0.2, -0.15) is 13.2 Å². The molecule has 1 N–H and O–H groups in total. The van der Waals surface area contributed by atoms with Gasteiger partial charge in [-0.25, -0.2) is 0 Å². The zero-order chi connectivity index (χ0) is 17.0. The largest absolute Gasteiger partial charge is 0.481 e. The lowest BCUT2D eigenvalue weighted by Gasteiger charge is -2.14. The molecule has 0 heterocycles. The van der Waals surface area contributed by atoms with Crippen molar-refractivity contribution < 1.29 is 23.1 Å². The first kappa shape index (κ1) is 17.4. The molecule has 0 aliphatic heterocycles. The van der Waals surface area contributed by atoms with Crippen LogP contribution in [0.25, 0.3) is 0 Å². The standard InChI is InChI=1S/C17H15F3O2S/c1-2-11-5-8-15(14(9-11)17(18,19)20)23-13-6-3-12(4-7-13)10-16(21)22/h3-9H,2,10H2,1H3,(H,21,22). The summed E-state index contributed by atoms with van der Waals surface area (Å²) < 4.78 is 39.6. The molecule has 0 bridgehead atoms. The molecule has 2 rings (SSSR count). The SMILES string of the molecule is CCc1ccc(Sc2ccc(CC(=O)O)cc2)c(C(F)(F)F)c1. The lowest BCUT2D eigenvalue weighted by atomic mass is 10.1. The molecule has 0 aliphatic carbocycles. The number of carboxylic acids is 1. The highest BCUT2D eigenvalue weighted by molar-refractivity contribution is 7.99. The van der Waals surface area contributed by atoms with Gasteiger partial charge in [0, 0.05) is 9.79 Å². The molecule has 0 saturated carbocycles. The summed E-state index contributed by atoms with van der Waals surface area (Å²) in [7, 11) is 0. The zero-order valence-corrected chi connectivity index (χ0v) is 13.2. The van der Waals surface area contributed by atoms with Crippen molar-refractivity contribution in [3.63, 3.8) is 0 Å². The van der Waals surface area contributed by atoms with Gasteiger partial charge in [0.25, 0.3) is 0 Å². The average Bonchev–Trinajstić information content (AvgIpc) is 2.48. The smallest absolute Gasteiger partial charge is 0.417 e. The fourth-order valence-electron chi connectivity index (χ4n) is 2.08. The van der Waals surface area contributed by atoms with Crippen LogP contribution >= 0.6 is 11.8 Å². The van der Waals surface area contributed by atoms with Gasteiger partial charge in [-0.3, -0.25) is 4.79 Å². The van der Waals surface area contributed by atoms with E-state index in [4.69, 9.17) is 5.11 Å². The van der Waals surface area contributed by atoms with E-state index >= 15 is 0 Å². The number of hydrogen-bond acceptors (Lipinski definition) is 2. The number of alkyl halides is 3. The van der Waals surface area contributed by atoms with E-state index in [1.165, 1.54) is 12.1 Å². The number of halogens is 3. The summed E-state index contributed by atoms with van der Waals surface area (Å²) in [6.07, 6.45) is -3.97. The van der Waals surface area contributed by atoms with Crippen LogP contribution in [0.5, 0.6) is 0 Å². The molecule has 0 atom stereocenters. The van der Waals surface area contributed by atoms with Crippen molar-refractivity contribution in [1.29, 1.82) is 0 Å². The second kappa shape index (κ2) is 7.08. The molecule has 0 saturated heterocycles. The number of carbonyl (C=O) groups is 1. The highest BCUT2D eigenvalue weighted by atomic mass is 32.2. The molecular formula is C17H15F3O2S. The molecule has 2 nitrogen and oxygen atoms in total. The molecule has 122 valence electrons. The summed E-state index contributed by atoms with van der Waals surface area (Å²) in [5.74, 6) is -0.945. The summed E-state index contributed by atoms with van der Waals surface area (Å²) in [4.78, 5) is 11.4.